The number of carbonyl (C=O) groups is 1. The molecule has 0 aliphatic rings. The lowest BCUT2D eigenvalue weighted by Gasteiger charge is -2.06. The van der Waals surface area contributed by atoms with Gasteiger partial charge in [-0.1, -0.05) is 78.4 Å². The maximum Gasteiger partial charge on any atom is 0.244 e. The monoisotopic (exact) mass is 380 g/mol. The molecule has 3 aromatic carbocycles. The van der Waals surface area contributed by atoms with Crippen LogP contribution in [0, 0.1) is 6.92 Å². The number of aromatic nitrogens is 1. The molecule has 1 amide bonds. The first-order chi connectivity index (χ1) is 14.1. The van der Waals surface area contributed by atoms with E-state index >= 15 is 0 Å². The van der Waals surface area contributed by atoms with Crippen molar-refractivity contribution in [3.05, 3.63) is 102 Å². The molecule has 0 aliphatic carbocycles. The van der Waals surface area contributed by atoms with Gasteiger partial charge in [0.05, 0.1) is 5.69 Å². The Morgan fingerprint density at radius 1 is 0.966 bits per heavy atom. The SMILES string of the molecule is Cc1cccc(CNC(=O)C=Cc2c(-c3ccccc3)n(C)c3ccccc23)c1. The minimum Gasteiger partial charge on any atom is -0.348 e. The summed E-state index contributed by atoms with van der Waals surface area (Å²) in [6.07, 6.45) is 3.56. The van der Waals surface area contributed by atoms with Crippen LogP contribution in [0.15, 0.2) is 84.9 Å². The van der Waals surface area contributed by atoms with Gasteiger partial charge in [0.1, 0.15) is 0 Å². The number of aryl methyl sites for hydroxylation is 2. The molecule has 4 aromatic rings. The Morgan fingerprint density at radius 3 is 2.52 bits per heavy atom. The molecule has 0 saturated heterocycles. The largest absolute Gasteiger partial charge is 0.348 e. The molecule has 0 bridgehead atoms. The Labute approximate surface area is 171 Å². The number of fused-ring (bicyclic) bond motifs is 1. The first kappa shape index (κ1) is 18.8. The summed E-state index contributed by atoms with van der Waals surface area (Å²) >= 11 is 0. The van der Waals surface area contributed by atoms with Gasteiger partial charge in [0, 0.05) is 36.1 Å². The van der Waals surface area contributed by atoms with E-state index in [1.807, 2.05) is 48.5 Å². The summed E-state index contributed by atoms with van der Waals surface area (Å²) in [5.41, 5.74) is 6.73. The van der Waals surface area contributed by atoms with Crippen LogP contribution in [-0.2, 0) is 18.4 Å². The fraction of sp³-hybridized carbons (Fsp3) is 0.115. The van der Waals surface area contributed by atoms with Crippen molar-refractivity contribution < 1.29 is 4.79 Å². The maximum absolute atomic E-state index is 12.5. The molecular formula is C26H24N2O. The predicted molar refractivity (Wildman–Crippen MR) is 120 cm³/mol. The van der Waals surface area contributed by atoms with Gasteiger partial charge in [0.25, 0.3) is 0 Å². The van der Waals surface area contributed by atoms with Crippen LogP contribution in [0.2, 0.25) is 0 Å². The fourth-order valence-electron chi connectivity index (χ4n) is 3.77. The van der Waals surface area contributed by atoms with Crippen LogP contribution in [-0.4, -0.2) is 10.5 Å². The molecule has 0 radical (unpaired) electrons. The summed E-state index contributed by atoms with van der Waals surface area (Å²) in [5, 5.41) is 4.11. The van der Waals surface area contributed by atoms with Crippen LogP contribution in [0.3, 0.4) is 0 Å². The molecule has 4 rings (SSSR count). The summed E-state index contributed by atoms with van der Waals surface area (Å²) in [6.45, 7) is 2.57. The molecular weight excluding hydrogens is 356 g/mol. The smallest absolute Gasteiger partial charge is 0.244 e. The van der Waals surface area contributed by atoms with E-state index in [2.05, 4.69) is 60.3 Å². The van der Waals surface area contributed by atoms with E-state index in [0.717, 1.165) is 33.3 Å². The van der Waals surface area contributed by atoms with Gasteiger partial charge in [0.2, 0.25) is 5.91 Å². The van der Waals surface area contributed by atoms with Crippen molar-refractivity contribution in [1.82, 2.24) is 9.88 Å². The Morgan fingerprint density at radius 2 is 1.72 bits per heavy atom. The highest BCUT2D eigenvalue weighted by molar-refractivity contribution is 6.01. The summed E-state index contributed by atoms with van der Waals surface area (Å²) in [4.78, 5) is 12.5. The van der Waals surface area contributed by atoms with Gasteiger partial charge in [-0.3, -0.25) is 4.79 Å². The van der Waals surface area contributed by atoms with Gasteiger partial charge < -0.3 is 9.88 Å². The van der Waals surface area contributed by atoms with E-state index in [1.54, 1.807) is 6.08 Å². The minimum absolute atomic E-state index is 0.0987. The lowest BCUT2D eigenvalue weighted by atomic mass is 10.0. The number of hydrogen-bond donors (Lipinski definition) is 1. The Balaban J connectivity index is 1.64. The molecule has 144 valence electrons. The molecule has 0 aliphatic heterocycles. The number of nitrogens with one attached hydrogen (secondary N) is 1. The number of carbonyl (C=O) groups excluding carboxylic acids is 1. The molecule has 1 aromatic heterocycles. The lowest BCUT2D eigenvalue weighted by molar-refractivity contribution is -0.116. The Bertz CT molecular complexity index is 1190. The van der Waals surface area contributed by atoms with Gasteiger partial charge in [-0.15, -0.1) is 0 Å². The normalized spacial score (nSPS) is 11.2. The topological polar surface area (TPSA) is 34.0 Å². The highest BCUT2D eigenvalue weighted by atomic mass is 16.1. The third-order valence-electron chi connectivity index (χ3n) is 5.14. The quantitative estimate of drug-likeness (QED) is 0.457. The Hall–Kier alpha value is -3.59. The highest BCUT2D eigenvalue weighted by Gasteiger charge is 2.14. The van der Waals surface area contributed by atoms with Crippen molar-refractivity contribution in [2.24, 2.45) is 7.05 Å². The number of amides is 1. The highest BCUT2D eigenvalue weighted by Crippen LogP contribution is 2.33. The van der Waals surface area contributed by atoms with Gasteiger partial charge >= 0.3 is 0 Å². The number of nitrogens with zero attached hydrogens (tertiary/aromatic N) is 1. The molecule has 0 spiro atoms. The zero-order valence-electron chi connectivity index (χ0n) is 16.7. The van der Waals surface area contributed by atoms with E-state index < -0.39 is 0 Å². The third-order valence-corrected chi connectivity index (χ3v) is 5.14. The fourth-order valence-corrected chi connectivity index (χ4v) is 3.77. The lowest BCUT2D eigenvalue weighted by Crippen LogP contribution is -2.20. The van der Waals surface area contributed by atoms with E-state index in [-0.39, 0.29) is 5.91 Å². The summed E-state index contributed by atoms with van der Waals surface area (Å²) in [5.74, 6) is -0.0987. The van der Waals surface area contributed by atoms with Crippen LogP contribution >= 0.6 is 0 Å². The van der Waals surface area contributed by atoms with Crippen LogP contribution < -0.4 is 5.32 Å². The van der Waals surface area contributed by atoms with Crippen molar-refractivity contribution >= 4 is 22.9 Å². The summed E-state index contributed by atoms with van der Waals surface area (Å²) < 4.78 is 2.19. The van der Waals surface area contributed by atoms with Gasteiger partial charge in [-0.25, -0.2) is 0 Å². The molecule has 0 atom stereocenters. The zero-order valence-corrected chi connectivity index (χ0v) is 16.7. The van der Waals surface area contributed by atoms with Crippen molar-refractivity contribution in [3.8, 4) is 11.3 Å². The number of rotatable bonds is 5. The molecule has 0 saturated carbocycles. The Kier molecular flexibility index (Phi) is 5.30. The molecule has 29 heavy (non-hydrogen) atoms. The van der Waals surface area contributed by atoms with E-state index in [9.17, 15) is 4.79 Å². The molecule has 1 heterocycles. The second-order valence-electron chi connectivity index (χ2n) is 7.24. The van der Waals surface area contributed by atoms with Crippen molar-refractivity contribution in [2.75, 3.05) is 0 Å². The minimum atomic E-state index is -0.0987. The standard InChI is InChI=1S/C26H24N2O/c1-19-9-8-10-20(17-19)18-27-25(29)16-15-23-22-13-6-7-14-24(22)28(2)26(23)21-11-4-3-5-12-21/h3-17H,18H2,1-2H3,(H,27,29). The van der Waals surface area contributed by atoms with Crippen molar-refractivity contribution in [1.29, 1.82) is 0 Å². The molecule has 3 heteroatoms. The van der Waals surface area contributed by atoms with Crippen LogP contribution in [0.25, 0.3) is 28.2 Å². The number of para-hydroxylation sites is 1. The van der Waals surface area contributed by atoms with Gasteiger partial charge in [0.15, 0.2) is 0 Å². The first-order valence-electron chi connectivity index (χ1n) is 9.78. The second-order valence-corrected chi connectivity index (χ2v) is 7.24. The molecule has 0 unspecified atom stereocenters. The van der Waals surface area contributed by atoms with E-state index in [0.29, 0.717) is 6.54 Å². The third kappa shape index (κ3) is 3.99. The average molecular weight is 380 g/mol. The summed E-state index contributed by atoms with van der Waals surface area (Å²) in [7, 11) is 2.07. The first-order valence-corrected chi connectivity index (χ1v) is 9.78. The second kappa shape index (κ2) is 8.19. The number of hydrogen-bond acceptors (Lipinski definition) is 1. The van der Waals surface area contributed by atoms with Gasteiger partial charge in [-0.2, -0.15) is 0 Å². The maximum atomic E-state index is 12.5. The van der Waals surface area contributed by atoms with Crippen molar-refractivity contribution in [2.45, 2.75) is 13.5 Å². The molecule has 1 N–H and O–H groups in total. The van der Waals surface area contributed by atoms with Crippen LogP contribution in [0.1, 0.15) is 16.7 Å². The predicted octanol–water partition coefficient (Wildman–Crippen LogP) is 5.48. The van der Waals surface area contributed by atoms with E-state index in [4.69, 9.17) is 0 Å². The van der Waals surface area contributed by atoms with Crippen molar-refractivity contribution in [3.63, 3.8) is 0 Å². The van der Waals surface area contributed by atoms with Gasteiger partial charge in [-0.05, 0) is 30.2 Å². The molecule has 0 fully saturated rings. The van der Waals surface area contributed by atoms with E-state index in [1.165, 1.54) is 5.56 Å². The van der Waals surface area contributed by atoms with Crippen LogP contribution in [0.4, 0.5) is 0 Å². The number of benzene rings is 3. The summed E-state index contributed by atoms with van der Waals surface area (Å²) in [6, 6.07) is 26.7. The zero-order chi connectivity index (χ0) is 20.2. The van der Waals surface area contributed by atoms with Crippen LogP contribution in [0.5, 0.6) is 0 Å². The average Bonchev–Trinajstić information content (AvgIpc) is 3.03. The molecule has 3 nitrogen and oxygen atoms in total.